The van der Waals surface area contributed by atoms with E-state index in [1.54, 1.807) is 0 Å². The lowest BCUT2D eigenvalue weighted by molar-refractivity contribution is -0.210. The molecule has 4 fully saturated rings. The first-order valence-corrected chi connectivity index (χ1v) is 17.1. The summed E-state index contributed by atoms with van der Waals surface area (Å²) in [7, 11) is 0. The predicted molar refractivity (Wildman–Crippen MR) is 164 cm³/mol. The summed E-state index contributed by atoms with van der Waals surface area (Å²) in [4.78, 5) is 48.7. The Morgan fingerprint density at radius 1 is 0.833 bits per heavy atom. The number of ketones is 2. The lowest BCUT2D eigenvalue weighted by Crippen LogP contribution is -2.60. The Hall–Kier alpha value is -1.35. The molecular formula is C34H59N3O5. The topological polar surface area (TPSA) is 106 Å². The molecule has 4 saturated carbocycles. The second-order valence-corrected chi connectivity index (χ2v) is 14.5. The first kappa shape index (κ1) is 33.5. The van der Waals surface area contributed by atoms with E-state index in [2.05, 4.69) is 37.0 Å². The number of nitrogens with one attached hydrogen (secondary N) is 3. The van der Waals surface area contributed by atoms with Gasteiger partial charge in [-0.3, -0.25) is 24.1 Å². The minimum Gasteiger partial charge on any atom is -0.356 e. The third-order valence-electron chi connectivity index (χ3n) is 12.4. The second-order valence-electron chi connectivity index (χ2n) is 14.5. The van der Waals surface area contributed by atoms with E-state index < -0.39 is 0 Å². The average molecular weight is 590 g/mol. The van der Waals surface area contributed by atoms with Crippen LogP contribution in [0.4, 0.5) is 0 Å². The van der Waals surface area contributed by atoms with Gasteiger partial charge in [0.05, 0.1) is 25.3 Å². The van der Waals surface area contributed by atoms with Crippen LogP contribution >= 0.6 is 0 Å². The molecule has 10 atom stereocenters. The van der Waals surface area contributed by atoms with Gasteiger partial charge in [-0.1, -0.05) is 34.6 Å². The molecule has 5 unspecified atom stereocenters. The Bertz CT molecular complexity index is 944. The maximum absolute atomic E-state index is 12.2. The van der Waals surface area contributed by atoms with Gasteiger partial charge in [0, 0.05) is 25.8 Å². The molecule has 0 aliphatic heterocycles. The van der Waals surface area contributed by atoms with Gasteiger partial charge in [0.15, 0.2) is 0 Å². The molecule has 3 N–H and O–H groups in total. The molecule has 4 rings (SSSR count). The first-order valence-electron chi connectivity index (χ1n) is 17.1. The van der Waals surface area contributed by atoms with Gasteiger partial charge in [-0.05, 0) is 111 Å². The number of hydrogen-bond acceptors (Lipinski definition) is 7. The summed E-state index contributed by atoms with van der Waals surface area (Å²) in [5.41, 5.74) is 6.56. The summed E-state index contributed by atoms with van der Waals surface area (Å²) in [5.74, 6) is 3.77. The second kappa shape index (κ2) is 14.6. The lowest BCUT2D eigenvalue weighted by Gasteiger charge is -2.63. The van der Waals surface area contributed by atoms with Crippen LogP contribution in [-0.4, -0.2) is 49.3 Å². The van der Waals surface area contributed by atoms with Crippen molar-refractivity contribution >= 4 is 17.5 Å². The number of amides is 1. The van der Waals surface area contributed by atoms with Crippen LogP contribution in [-0.2, 0) is 24.1 Å². The first-order chi connectivity index (χ1) is 20.1. The van der Waals surface area contributed by atoms with Crippen molar-refractivity contribution in [3.05, 3.63) is 0 Å². The largest absolute Gasteiger partial charge is 0.356 e. The van der Waals surface area contributed by atoms with Crippen LogP contribution in [0, 0.1) is 46.3 Å². The Balaban J connectivity index is 1.50. The van der Waals surface area contributed by atoms with Crippen LogP contribution in [0.3, 0.4) is 0 Å². The Morgan fingerprint density at radius 2 is 1.48 bits per heavy atom. The van der Waals surface area contributed by atoms with Crippen molar-refractivity contribution < 1.29 is 24.1 Å². The molecule has 0 spiro atoms. The van der Waals surface area contributed by atoms with Gasteiger partial charge in [-0.25, -0.2) is 0 Å². The average Bonchev–Trinajstić information content (AvgIpc) is 3.33. The quantitative estimate of drug-likeness (QED) is 0.215. The number of fused-ring (bicyclic) bond motifs is 5. The molecule has 42 heavy (non-hydrogen) atoms. The molecule has 0 aromatic rings. The van der Waals surface area contributed by atoms with Crippen LogP contribution in [0.2, 0.25) is 0 Å². The van der Waals surface area contributed by atoms with Crippen LogP contribution in [0.1, 0.15) is 119 Å². The fraction of sp³-hybridized carbons (Fsp3) is 0.912. The van der Waals surface area contributed by atoms with Gasteiger partial charge < -0.3 is 5.32 Å². The predicted octanol–water partition coefficient (Wildman–Crippen LogP) is 5.55. The van der Waals surface area contributed by atoms with Crippen molar-refractivity contribution in [1.82, 2.24) is 16.3 Å². The summed E-state index contributed by atoms with van der Waals surface area (Å²) >= 11 is 0. The number of rotatable bonds is 15. The standard InChI is InChI=1S/C34H59N3O5/c1-7-24(38)20-36-41-26-14-16-33(5)23(18-26)19-30(42-37-21-25(39)8-2)32-28-12-11-27(34(28,6)17-15-29(32)33)22(4)10-13-31(40)35-9-3/h22-23,26-30,32,36-37H,7-21H2,1-6H3,(H,35,40)/t22-,23-,26+,27?,28?,29?,30?,32?,33-,34+/m0/s1. The minimum atomic E-state index is 0.0696. The summed E-state index contributed by atoms with van der Waals surface area (Å²) < 4.78 is 0. The van der Waals surface area contributed by atoms with Crippen molar-refractivity contribution in [3.8, 4) is 0 Å². The summed E-state index contributed by atoms with van der Waals surface area (Å²) in [6, 6.07) is 0. The van der Waals surface area contributed by atoms with Crippen molar-refractivity contribution in [3.63, 3.8) is 0 Å². The molecule has 8 nitrogen and oxygen atoms in total. The molecular weight excluding hydrogens is 530 g/mol. The zero-order valence-electron chi connectivity index (χ0n) is 27.3. The number of hydroxylamine groups is 2. The summed E-state index contributed by atoms with van der Waals surface area (Å²) in [5, 5.41) is 2.97. The Labute approximate surface area is 254 Å². The van der Waals surface area contributed by atoms with Gasteiger partial charge in [0.2, 0.25) is 5.91 Å². The molecule has 240 valence electrons. The van der Waals surface area contributed by atoms with E-state index in [0.29, 0.717) is 61.3 Å². The highest BCUT2D eigenvalue weighted by Gasteiger charge is 2.63. The molecule has 0 aromatic carbocycles. The fourth-order valence-corrected chi connectivity index (χ4v) is 9.93. The molecule has 0 saturated heterocycles. The highest BCUT2D eigenvalue weighted by Crippen LogP contribution is 2.68. The van der Waals surface area contributed by atoms with E-state index in [9.17, 15) is 14.4 Å². The number of carbonyl (C=O) groups is 3. The highest BCUT2D eigenvalue weighted by molar-refractivity contribution is 5.80. The van der Waals surface area contributed by atoms with Crippen LogP contribution < -0.4 is 16.3 Å². The third kappa shape index (κ3) is 7.13. The van der Waals surface area contributed by atoms with Gasteiger partial charge >= 0.3 is 0 Å². The number of Topliss-reactive ketones (excluding diaryl/α,β-unsaturated/α-hetero) is 2. The van der Waals surface area contributed by atoms with Crippen LogP contribution in [0.25, 0.3) is 0 Å². The Morgan fingerprint density at radius 3 is 2.14 bits per heavy atom. The normalized spacial score (nSPS) is 38.2. The van der Waals surface area contributed by atoms with Crippen molar-refractivity contribution in [2.24, 2.45) is 46.3 Å². The van der Waals surface area contributed by atoms with Gasteiger partial charge in [0.25, 0.3) is 0 Å². The zero-order valence-corrected chi connectivity index (χ0v) is 27.3. The maximum Gasteiger partial charge on any atom is 0.219 e. The number of hydrogen-bond donors (Lipinski definition) is 3. The maximum atomic E-state index is 12.2. The SMILES string of the molecule is CCNC(=O)CC[C@H](C)C1CCC2C3C(ONCC(=O)CC)C[C@@H]4C[C@H](ONCC(=O)CC)CC[C@]4(C)C3CC[C@@]21C. The molecule has 0 bridgehead atoms. The van der Waals surface area contributed by atoms with E-state index in [0.717, 1.165) is 32.1 Å². The molecule has 8 heteroatoms. The van der Waals surface area contributed by atoms with Crippen LogP contribution in [0.15, 0.2) is 0 Å². The van der Waals surface area contributed by atoms with Crippen molar-refractivity contribution in [2.45, 2.75) is 131 Å². The lowest BCUT2D eigenvalue weighted by atomic mass is 9.43. The fourth-order valence-electron chi connectivity index (χ4n) is 9.93. The zero-order chi connectivity index (χ0) is 30.5. The van der Waals surface area contributed by atoms with E-state index in [4.69, 9.17) is 9.68 Å². The molecule has 4 aliphatic rings. The van der Waals surface area contributed by atoms with Gasteiger partial charge in [0.1, 0.15) is 11.6 Å². The van der Waals surface area contributed by atoms with E-state index >= 15 is 0 Å². The van der Waals surface area contributed by atoms with Crippen molar-refractivity contribution in [1.29, 1.82) is 0 Å². The summed E-state index contributed by atoms with van der Waals surface area (Å²) in [6.45, 7) is 14.4. The third-order valence-corrected chi connectivity index (χ3v) is 12.4. The smallest absolute Gasteiger partial charge is 0.219 e. The van der Waals surface area contributed by atoms with E-state index in [-0.39, 0.29) is 53.6 Å². The summed E-state index contributed by atoms with van der Waals surface area (Å²) in [6.07, 6.45) is 11.8. The molecule has 1 amide bonds. The molecule has 0 radical (unpaired) electrons. The number of carbonyl (C=O) groups excluding carboxylic acids is 3. The van der Waals surface area contributed by atoms with E-state index in [1.165, 1.54) is 25.7 Å². The molecule has 0 aromatic heterocycles. The van der Waals surface area contributed by atoms with Crippen molar-refractivity contribution in [2.75, 3.05) is 19.6 Å². The monoisotopic (exact) mass is 589 g/mol. The molecule has 4 aliphatic carbocycles. The van der Waals surface area contributed by atoms with Gasteiger partial charge in [-0.15, -0.1) is 0 Å². The Kier molecular flexibility index (Phi) is 11.7. The minimum absolute atomic E-state index is 0.0696. The van der Waals surface area contributed by atoms with E-state index in [1.807, 2.05) is 20.8 Å². The van der Waals surface area contributed by atoms with Crippen LogP contribution in [0.5, 0.6) is 0 Å². The van der Waals surface area contributed by atoms with Gasteiger partial charge in [-0.2, -0.15) is 11.0 Å². The molecule has 0 heterocycles. The highest BCUT2D eigenvalue weighted by atomic mass is 16.7.